The van der Waals surface area contributed by atoms with Crippen molar-refractivity contribution in [2.45, 2.75) is 57.7 Å². The zero-order chi connectivity index (χ0) is 21.4. The molecule has 0 radical (unpaired) electrons. The third-order valence-electron chi connectivity index (χ3n) is 5.74. The molecule has 1 aliphatic rings. The van der Waals surface area contributed by atoms with Crippen LogP contribution in [-0.2, 0) is 0 Å². The summed E-state index contributed by atoms with van der Waals surface area (Å²) < 4.78 is 13.5. The Hall–Kier alpha value is -2.43. The Bertz CT molecular complexity index is 935. The number of hydrogen-bond acceptors (Lipinski definition) is 6. The molecule has 0 atom stereocenters. The van der Waals surface area contributed by atoms with Gasteiger partial charge in [-0.1, -0.05) is 11.6 Å². The smallest absolute Gasteiger partial charge is 0.229 e. The molecule has 154 valence electrons. The first-order valence-corrected chi connectivity index (χ1v) is 9.89. The first-order chi connectivity index (χ1) is 13.5. The highest BCUT2D eigenvalue weighted by Gasteiger charge is 2.43. The lowest BCUT2D eigenvalue weighted by Crippen LogP contribution is -2.61. The van der Waals surface area contributed by atoms with Gasteiger partial charge in [-0.25, -0.2) is 9.37 Å². The third kappa shape index (κ3) is 4.60. The van der Waals surface area contributed by atoms with Gasteiger partial charge in [0.25, 0.3) is 0 Å². The van der Waals surface area contributed by atoms with Crippen LogP contribution in [-0.4, -0.2) is 39.0 Å². The van der Waals surface area contributed by atoms with Crippen molar-refractivity contribution in [1.29, 1.82) is 5.26 Å². The molecule has 3 rings (SSSR count). The summed E-state index contributed by atoms with van der Waals surface area (Å²) in [5, 5.41) is 15.9. The van der Waals surface area contributed by atoms with Crippen LogP contribution in [0.15, 0.2) is 24.4 Å². The second kappa shape index (κ2) is 7.77. The minimum Gasteiger partial charge on any atom is -0.366 e. The number of halogens is 2. The van der Waals surface area contributed by atoms with Crippen LogP contribution in [0.4, 0.5) is 21.8 Å². The zero-order valence-corrected chi connectivity index (χ0v) is 18.1. The molecule has 0 aliphatic carbocycles. The quantitative estimate of drug-likeness (QED) is 0.734. The molecule has 0 saturated carbocycles. The summed E-state index contributed by atoms with van der Waals surface area (Å²) in [5.74, 6) is 0.303. The van der Waals surface area contributed by atoms with E-state index in [0.717, 1.165) is 12.8 Å². The van der Waals surface area contributed by atoms with Crippen LogP contribution >= 0.6 is 11.6 Å². The van der Waals surface area contributed by atoms with E-state index in [1.807, 2.05) is 6.07 Å². The third-order valence-corrected chi connectivity index (χ3v) is 6.01. The van der Waals surface area contributed by atoms with Crippen molar-refractivity contribution < 1.29 is 4.39 Å². The number of nitriles is 1. The molecule has 1 aliphatic heterocycles. The molecule has 29 heavy (non-hydrogen) atoms. The molecule has 2 aromatic rings. The SMILES string of the molecule is CN1C(C)(C)CC(Nc2nc(Nc3ccc(F)c(C#N)c3)ncc2Cl)CC1(C)C. The number of likely N-dealkylation sites (tertiary alicyclic amines) is 1. The van der Waals surface area contributed by atoms with Crippen molar-refractivity contribution in [2.75, 3.05) is 17.7 Å². The van der Waals surface area contributed by atoms with E-state index >= 15 is 0 Å². The second-order valence-corrected chi connectivity index (χ2v) is 9.16. The standard InChI is InChI=1S/C21H26ClFN6/c1-20(2)9-15(10-21(3,4)29(20)5)26-18-16(22)12-25-19(28-18)27-14-6-7-17(23)13(8-14)11-24/h6-8,12,15H,9-10H2,1-5H3,(H2,25,26,27,28). The molecule has 2 N–H and O–H groups in total. The number of nitrogens with one attached hydrogen (secondary N) is 2. The number of nitrogens with zero attached hydrogens (tertiary/aromatic N) is 4. The molecular weight excluding hydrogens is 391 g/mol. The van der Waals surface area contributed by atoms with Crippen molar-refractivity contribution in [2.24, 2.45) is 0 Å². The number of anilines is 3. The minimum absolute atomic E-state index is 0.0296. The van der Waals surface area contributed by atoms with Crippen LogP contribution in [0.5, 0.6) is 0 Å². The van der Waals surface area contributed by atoms with Gasteiger partial charge in [0.1, 0.15) is 16.9 Å². The van der Waals surface area contributed by atoms with Gasteiger partial charge in [0, 0.05) is 22.8 Å². The maximum absolute atomic E-state index is 13.5. The van der Waals surface area contributed by atoms with Gasteiger partial charge >= 0.3 is 0 Å². The van der Waals surface area contributed by atoms with E-state index in [9.17, 15) is 4.39 Å². The van der Waals surface area contributed by atoms with Gasteiger partial charge in [-0.3, -0.25) is 4.90 Å². The number of piperidine rings is 1. The van der Waals surface area contributed by atoms with Crippen molar-refractivity contribution >= 4 is 29.1 Å². The molecule has 8 heteroatoms. The van der Waals surface area contributed by atoms with Gasteiger partial charge in [0.05, 0.1) is 11.8 Å². The summed E-state index contributed by atoms with van der Waals surface area (Å²) in [6.07, 6.45) is 3.41. The zero-order valence-electron chi connectivity index (χ0n) is 17.3. The topological polar surface area (TPSA) is 76.9 Å². The summed E-state index contributed by atoms with van der Waals surface area (Å²) in [4.78, 5) is 11.1. The minimum atomic E-state index is -0.565. The Morgan fingerprint density at radius 1 is 1.24 bits per heavy atom. The second-order valence-electron chi connectivity index (χ2n) is 8.75. The fraction of sp³-hybridized carbons (Fsp3) is 0.476. The number of hydrogen-bond donors (Lipinski definition) is 2. The van der Waals surface area contributed by atoms with Crippen LogP contribution in [0.25, 0.3) is 0 Å². The monoisotopic (exact) mass is 416 g/mol. The van der Waals surface area contributed by atoms with E-state index in [1.54, 1.807) is 0 Å². The van der Waals surface area contributed by atoms with Gasteiger partial charge in [-0.05, 0) is 65.8 Å². The maximum Gasteiger partial charge on any atom is 0.229 e. The molecule has 1 aromatic carbocycles. The van der Waals surface area contributed by atoms with Gasteiger partial charge in [0.15, 0.2) is 5.82 Å². The predicted molar refractivity (Wildman–Crippen MR) is 114 cm³/mol. The first kappa shape index (κ1) is 21.3. The predicted octanol–water partition coefficient (Wildman–Crippen LogP) is 4.95. The average Bonchev–Trinajstić information content (AvgIpc) is 2.63. The largest absolute Gasteiger partial charge is 0.366 e. The highest BCUT2D eigenvalue weighted by molar-refractivity contribution is 6.32. The molecule has 0 unspecified atom stereocenters. The van der Waals surface area contributed by atoms with E-state index in [0.29, 0.717) is 22.5 Å². The lowest BCUT2D eigenvalue weighted by atomic mass is 9.77. The van der Waals surface area contributed by atoms with Gasteiger partial charge in [0.2, 0.25) is 5.95 Å². The summed E-state index contributed by atoms with van der Waals surface area (Å²) in [6.45, 7) is 8.94. The Labute approximate surface area is 176 Å². The summed E-state index contributed by atoms with van der Waals surface area (Å²) in [5.41, 5.74) is 0.541. The Balaban J connectivity index is 1.80. The van der Waals surface area contributed by atoms with Crippen LogP contribution < -0.4 is 10.6 Å². The number of rotatable bonds is 4. The van der Waals surface area contributed by atoms with Crippen LogP contribution in [0.3, 0.4) is 0 Å². The van der Waals surface area contributed by atoms with Crippen LogP contribution in [0.1, 0.15) is 46.1 Å². The highest BCUT2D eigenvalue weighted by atomic mass is 35.5. The molecule has 1 saturated heterocycles. The van der Waals surface area contributed by atoms with Crippen molar-refractivity contribution in [3.05, 3.63) is 40.8 Å². The van der Waals surface area contributed by atoms with E-state index in [2.05, 4.69) is 60.2 Å². The van der Waals surface area contributed by atoms with Crippen molar-refractivity contribution in [1.82, 2.24) is 14.9 Å². The normalized spacial score (nSPS) is 18.8. The van der Waals surface area contributed by atoms with Crippen LogP contribution in [0, 0.1) is 17.1 Å². The number of aromatic nitrogens is 2. The number of benzene rings is 1. The molecule has 2 heterocycles. The van der Waals surface area contributed by atoms with Crippen LogP contribution in [0.2, 0.25) is 5.02 Å². The maximum atomic E-state index is 13.5. The average molecular weight is 417 g/mol. The molecule has 0 bridgehead atoms. The van der Waals surface area contributed by atoms with Crippen molar-refractivity contribution in [3.63, 3.8) is 0 Å². The van der Waals surface area contributed by atoms with E-state index in [-0.39, 0.29) is 22.7 Å². The Morgan fingerprint density at radius 3 is 2.52 bits per heavy atom. The van der Waals surface area contributed by atoms with Gasteiger partial charge in [-0.2, -0.15) is 10.2 Å². The lowest BCUT2D eigenvalue weighted by Gasteiger charge is -2.53. The Morgan fingerprint density at radius 2 is 1.90 bits per heavy atom. The lowest BCUT2D eigenvalue weighted by molar-refractivity contribution is -0.00772. The van der Waals surface area contributed by atoms with E-state index in [4.69, 9.17) is 16.9 Å². The summed E-state index contributed by atoms with van der Waals surface area (Å²) in [7, 11) is 2.16. The molecular formula is C21H26ClFN6. The molecule has 6 nitrogen and oxygen atoms in total. The summed E-state index contributed by atoms with van der Waals surface area (Å²) in [6, 6.07) is 6.21. The summed E-state index contributed by atoms with van der Waals surface area (Å²) >= 11 is 6.34. The molecule has 0 amide bonds. The fourth-order valence-corrected chi connectivity index (χ4v) is 4.16. The van der Waals surface area contributed by atoms with E-state index < -0.39 is 5.82 Å². The Kier molecular flexibility index (Phi) is 5.70. The van der Waals surface area contributed by atoms with E-state index in [1.165, 1.54) is 24.4 Å². The fourth-order valence-electron chi connectivity index (χ4n) is 4.01. The molecule has 0 spiro atoms. The first-order valence-electron chi connectivity index (χ1n) is 9.51. The van der Waals surface area contributed by atoms with Crippen molar-refractivity contribution in [3.8, 4) is 6.07 Å². The van der Waals surface area contributed by atoms with Gasteiger partial charge < -0.3 is 10.6 Å². The highest BCUT2D eigenvalue weighted by Crippen LogP contribution is 2.38. The molecule has 1 aromatic heterocycles. The molecule has 1 fully saturated rings. The van der Waals surface area contributed by atoms with Gasteiger partial charge in [-0.15, -0.1) is 0 Å².